The molecule has 6 atom stereocenters. The van der Waals surface area contributed by atoms with Gasteiger partial charge in [-0.1, -0.05) is 45.4 Å². The molecule has 1 aliphatic carbocycles. The smallest absolute Gasteiger partial charge is 0.308 e. The number of ether oxygens (including phenoxy) is 3. The van der Waals surface area contributed by atoms with E-state index in [9.17, 15) is 4.79 Å². The molecule has 2 aliphatic heterocycles. The first-order chi connectivity index (χ1) is 12.6. The summed E-state index contributed by atoms with van der Waals surface area (Å²) >= 11 is 0. The molecule has 6 unspecified atom stereocenters. The van der Waals surface area contributed by atoms with Gasteiger partial charge in [-0.05, 0) is 51.4 Å². The lowest BCUT2D eigenvalue weighted by atomic mass is 9.85. The first-order valence-corrected chi connectivity index (χ1v) is 11.1. The van der Waals surface area contributed by atoms with E-state index in [1.807, 2.05) is 6.92 Å². The van der Waals surface area contributed by atoms with Crippen LogP contribution in [0.1, 0.15) is 90.9 Å². The van der Waals surface area contributed by atoms with Crippen LogP contribution in [0, 0.1) is 11.8 Å². The number of carbonyl (C=O) groups is 1. The molecule has 0 N–H and O–H groups in total. The monoisotopic (exact) mass is 366 g/mol. The summed E-state index contributed by atoms with van der Waals surface area (Å²) in [6.07, 6.45) is 16.8. The Hall–Kier alpha value is -0.610. The predicted octanol–water partition coefficient (Wildman–Crippen LogP) is 5.03. The number of rotatable bonds is 13. The van der Waals surface area contributed by atoms with Gasteiger partial charge in [0, 0.05) is 0 Å². The van der Waals surface area contributed by atoms with Gasteiger partial charge in [0.05, 0.1) is 36.9 Å². The fourth-order valence-corrected chi connectivity index (χ4v) is 4.37. The van der Waals surface area contributed by atoms with E-state index in [-0.39, 0.29) is 11.9 Å². The molecule has 0 aromatic carbocycles. The third kappa shape index (κ3) is 6.84. The van der Waals surface area contributed by atoms with Crippen LogP contribution in [0.3, 0.4) is 0 Å². The molecule has 0 aromatic heterocycles. The molecule has 0 amide bonds. The molecular weight excluding hydrogens is 328 g/mol. The van der Waals surface area contributed by atoms with Gasteiger partial charge in [0.2, 0.25) is 0 Å². The zero-order chi connectivity index (χ0) is 18.4. The highest BCUT2D eigenvalue weighted by Crippen LogP contribution is 2.41. The molecule has 2 heterocycles. The fraction of sp³-hybridized carbons (Fsp3) is 0.955. The van der Waals surface area contributed by atoms with Crippen molar-refractivity contribution < 1.29 is 19.0 Å². The fourth-order valence-electron chi connectivity index (χ4n) is 4.37. The van der Waals surface area contributed by atoms with Gasteiger partial charge in [-0.25, -0.2) is 0 Å². The second kappa shape index (κ2) is 10.1. The summed E-state index contributed by atoms with van der Waals surface area (Å²) < 4.78 is 16.4. The van der Waals surface area contributed by atoms with Crippen LogP contribution in [0.2, 0.25) is 0 Å². The van der Waals surface area contributed by atoms with Crippen LogP contribution in [-0.2, 0) is 19.0 Å². The van der Waals surface area contributed by atoms with E-state index in [2.05, 4.69) is 6.92 Å². The Morgan fingerprint density at radius 2 is 1.73 bits per heavy atom. The van der Waals surface area contributed by atoms with Crippen LogP contribution >= 0.6 is 0 Å². The van der Waals surface area contributed by atoms with Crippen LogP contribution in [0.25, 0.3) is 0 Å². The van der Waals surface area contributed by atoms with Crippen LogP contribution < -0.4 is 0 Å². The molecule has 0 radical (unpaired) electrons. The van der Waals surface area contributed by atoms with Crippen molar-refractivity contribution in [2.24, 2.45) is 11.8 Å². The van der Waals surface area contributed by atoms with Crippen molar-refractivity contribution in [2.75, 3.05) is 6.61 Å². The van der Waals surface area contributed by atoms with Crippen LogP contribution in [0.15, 0.2) is 0 Å². The van der Waals surface area contributed by atoms with E-state index in [0.29, 0.717) is 31.0 Å². The summed E-state index contributed by atoms with van der Waals surface area (Å²) in [6, 6.07) is 0. The van der Waals surface area contributed by atoms with Crippen LogP contribution in [0.5, 0.6) is 0 Å². The normalized spacial score (nSPS) is 33.4. The zero-order valence-electron chi connectivity index (χ0n) is 16.8. The van der Waals surface area contributed by atoms with Gasteiger partial charge in [0.1, 0.15) is 0 Å². The van der Waals surface area contributed by atoms with Crippen molar-refractivity contribution in [3.63, 3.8) is 0 Å². The Bertz CT molecular complexity index is 438. The van der Waals surface area contributed by atoms with Crippen molar-refractivity contribution in [1.29, 1.82) is 0 Å². The molecule has 3 aliphatic rings. The van der Waals surface area contributed by atoms with Crippen molar-refractivity contribution in [1.82, 2.24) is 0 Å². The van der Waals surface area contributed by atoms with Gasteiger partial charge in [-0.3, -0.25) is 4.79 Å². The van der Waals surface area contributed by atoms with Gasteiger partial charge in [0.25, 0.3) is 0 Å². The molecule has 1 saturated carbocycles. The first kappa shape index (κ1) is 20.1. The third-order valence-electron chi connectivity index (χ3n) is 6.49. The number of unbranched alkanes of at least 4 members (excludes halogenated alkanes) is 5. The minimum absolute atomic E-state index is 0.00232. The summed E-state index contributed by atoms with van der Waals surface area (Å²) in [7, 11) is 0. The minimum Gasteiger partial charge on any atom is -0.465 e. The molecule has 0 bridgehead atoms. The van der Waals surface area contributed by atoms with Gasteiger partial charge >= 0.3 is 5.97 Å². The Kier molecular flexibility index (Phi) is 7.80. The molecule has 2 saturated heterocycles. The maximum atomic E-state index is 11.9. The second-order valence-corrected chi connectivity index (χ2v) is 8.83. The molecule has 150 valence electrons. The van der Waals surface area contributed by atoms with Crippen molar-refractivity contribution >= 4 is 5.97 Å². The molecule has 3 fully saturated rings. The molecular formula is C22H38O4. The van der Waals surface area contributed by atoms with Gasteiger partial charge in [-0.15, -0.1) is 0 Å². The maximum absolute atomic E-state index is 11.9. The van der Waals surface area contributed by atoms with E-state index < -0.39 is 0 Å². The van der Waals surface area contributed by atoms with Gasteiger partial charge in [0.15, 0.2) is 0 Å². The summed E-state index contributed by atoms with van der Waals surface area (Å²) in [4.78, 5) is 11.9. The molecule has 4 heteroatoms. The summed E-state index contributed by atoms with van der Waals surface area (Å²) in [6.45, 7) is 4.64. The Morgan fingerprint density at radius 1 is 1.00 bits per heavy atom. The minimum atomic E-state index is -0.0346. The lowest BCUT2D eigenvalue weighted by Gasteiger charge is -2.18. The summed E-state index contributed by atoms with van der Waals surface area (Å²) in [5.74, 6) is 0.894. The van der Waals surface area contributed by atoms with Crippen LogP contribution in [-0.4, -0.2) is 37.0 Å². The number of hydrogen-bond donors (Lipinski definition) is 0. The molecule has 4 nitrogen and oxygen atoms in total. The largest absolute Gasteiger partial charge is 0.465 e. The highest BCUT2D eigenvalue weighted by atomic mass is 16.6. The highest BCUT2D eigenvalue weighted by molar-refractivity contribution is 5.71. The lowest BCUT2D eigenvalue weighted by molar-refractivity contribution is -0.148. The Morgan fingerprint density at radius 3 is 2.46 bits per heavy atom. The lowest BCUT2D eigenvalue weighted by Crippen LogP contribution is -2.16. The highest BCUT2D eigenvalue weighted by Gasteiger charge is 2.43. The van der Waals surface area contributed by atoms with E-state index in [1.165, 1.54) is 57.8 Å². The number of hydrogen-bond acceptors (Lipinski definition) is 4. The van der Waals surface area contributed by atoms with E-state index in [4.69, 9.17) is 14.2 Å². The number of epoxide rings is 2. The number of esters is 1. The van der Waals surface area contributed by atoms with E-state index >= 15 is 0 Å². The standard InChI is InChI=1S/C22H38O4/c1-16(10-12-19-17(2)25-19)22(23)24-14-8-6-4-3-5-7-9-18-11-13-20-21(15-18)26-20/h16-21H,3-15H2,1-2H3. The molecule has 26 heavy (non-hydrogen) atoms. The van der Waals surface area contributed by atoms with Crippen molar-refractivity contribution in [3.05, 3.63) is 0 Å². The Balaban J connectivity index is 1.07. The average molecular weight is 367 g/mol. The maximum Gasteiger partial charge on any atom is 0.308 e. The predicted molar refractivity (Wildman–Crippen MR) is 102 cm³/mol. The topological polar surface area (TPSA) is 51.4 Å². The average Bonchev–Trinajstić information content (AvgIpc) is 3.54. The number of fused-ring (bicyclic) bond motifs is 1. The zero-order valence-corrected chi connectivity index (χ0v) is 16.8. The van der Waals surface area contributed by atoms with Crippen molar-refractivity contribution in [3.8, 4) is 0 Å². The van der Waals surface area contributed by atoms with Crippen molar-refractivity contribution in [2.45, 2.75) is 115 Å². The SMILES string of the molecule is CC(CCC1OC1C)C(=O)OCCCCCCCCC1CCC2OC2C1. The number of carbonyl (C=O) groups excluding carboxylic acids is 1. The molecule has 0 spiro atoms. The second-order valence-electron chi connectivity index (χ2n) is 8.83. The van der Waals surface area contributed by atoms with Gasteiger partial charge < -0.3 is 14.2 Å². The molecule has 3 rings (SSSR count). The Labute approximate surface area is 159 Å². The van der Waals surface area contributed by atoms with Crippen LogP contribution in [0.4, 0.5) is 0 Å². The summed E-state index contributed by atoms with van der Waals surface area (Å²) in [5.41, 5.74) is 0. The first-order valence-electron chi connectivity index (χ1n) is 11.1. The quantitative estimate of drug-likeness (QED) is 0.260. The molecule has 0 aromatic rings. The van der Waals surface area contributed by atoms with Gasteiger partial charge in [-0.2, -0.15) is 0 Å². The van der Waals surface area contributed by atoms with E-state index in [0.717, 1.165) is 25.2 Å². The van der Waals surface area contributed by atoms with E-state index in [1.54, 1.807) is 0 Å². The third-order valence-corrected chi connectivity index (χ3v) is 6.49. The summed E-state index contributed by atoms with van der Waals surface area (Å²) in [5, 5.41) is 0.